The Balaban J connectivity index is 2.33. The van der Waals surface area contributed by atoms with E-state index in [9.17, 15) is 10.2 Å². The van der Waals surface area contributed by atoms with Crippen LogP contribution in [0.2, 0.25) is 0 Å². The third-order valence-corrected chi connectivity index (χ3v) is 4.02. The first-order valence-electron chi connectivity index (χ1n) is 6.58. The molecular weight excluding hydrogens is 202 g/mol. The molecule has 0 saturated heterocycles. The second-order valence-corrected chi connectivity index (χ2v) is 5.67. The molecule has 0 bridgehead atoms. The summed E-state index contributed by atoms with van der Waals surface area (Å²) in [5.74, 6) is 0. The van der Waals surface area contributed by atoms with Gasteiger partial charge in [-0.05, 0) is 26.2 Å². The number of nitrogens with one attached hydrogen (secondary N) is 1. The normalized spacial score (nSPS) is 24.0. The van der Waals surface area contributed by atoms with Crippen molar-refractivity contribution in [2.24, 2.45) is 5.41 Å². The van der Waals surface area contributed by atoms with Gasteiger partial charge < -0.3 is 15.5 Å². The topological polar surface area (TPSA) is 52.5 Å². The minimum absolute atomic E-state index is 0.0715. The van der Waals surface area contributed by atoms with Crippen molar-refractivity contribution in [3.63, 3.8) is 0 Å². The third kappa shape index (κ3) is 4.04. The van der Waals surface area contributed by atoms with Gasteiger partial charge in [-0.25, -0.2) is 0 Å². The van der Waals surface area contributed by atoms with Gasteiger partial charge in [0.1, 0.15) is 0 Å². The van der Waals surface area contributed by atoms with E-state index >= 15 is 0 Å². The fourth-order valence-corrected chi connectivity index (χ4v) is 2.41. The van der Waals surface area contributed by atoms with Crippen LogP contribution in [0.15, 0.2) is 0 Å². The smallest absolute Gasteiger partial charge is 0.0740 e. The Kier molecular flexibility index (Phi) is 5.22. The molecule has 0 radical (unpaired) electrons. The van der Waals surface area contributed by atoms with Gasteiger partial charge in [-0.2, -0.15) is 0 Å². The highest BCUT2D eigenvalue weighted by atomic mass is 16.3. The van der Waals surface area contributed by atoms with E-state index in [4.69, 9.17) is 0 Å². The largest absolute Gasteiger partial charge is 0.396 e. The van der Waals surface area contributed by atoms with Crippen LogP contribution >= 0.6 is 0 Å². The Bertz CT molecular complexity index is 198. The van der Waals surface area contributed by atoms with Crippen LogP contribution in [0.3, 0.4) is 0 Å². The highest BCUT2D eigenvalue weighted by molar-refractivity contribution is 4.85. The zero-order valence-electron chi connectivity index (χ0n) is 10.8. The van der Waals surface area contributed by atoms with Crippen molar-refractivity contribution in [3.05, 3.63) is 0 Å². The number of hydrogen-bond acceptors (Lipinski definition) is 3. The van der Waals surface area contributed by atoms with Crippen LogP contribution < -0.4 is 5.32 Å². The molecule has 0 spiro atoms. The first kappa shape index (κ1) is 13.9. The maximum atomic E-state index is 9.88. The molecule has 0 aliphatic heterocycles. The van der Waals surface area contributed by atoms with Crippen molar-refractivity contribution in [2.75, 3.05) is 19.7 Å². The highest BCUT2D eigenvalue weighted by Gasteiger charge is 2.31. The summed E-state index contributed by atoms with van der Waals surface area (Å²) in [6, 6.07) is 0. The minimum Gasteiger partial charge on any atom is -0.396 e. The van der Waals surface area contributed by atoms with Crippen molar-refractivity contribution in [3.8, 4) is 0 Å². The molecule has 1 rings (SSSR count). The van der Waals surface area contributed by atoms with Gasteiger partial charge in [0.2, 0.25) is 0 Å². The number of aliphatic hydroxyl groups is 2. The van der Waals surface area contributed by atoms with Crippen LogP contribution in [-0.2, 0) is 0 Å². The zero-order chi connectivity index (χ0) is 12.1. The molecule has 0 aromatic rings. The van der Waals surface area contributed by atoms with E-state index in [2.05, 4.69) is 5.32 Å². The molecule has 1 atom stereocenters. The van der Waals surface area contributed by atoms with Crippen LogP contribution in [0.25, 0.3) is 0 Å². The lowest BCUT2D eigenvalue weighted by atomic mass is 9.74. The van der Waals surface area contributed by atoms with Crippen LogP contribution in [0.5, 0.6) is 0 Å². The molecule has 0 heterocycles. The van der Waals surface area contributed by atoms with E-state index < -0.39 is 5.60 Å². The molecule has 1 unspecified atom stereocenters. The van der Waals surface area contributed by atoms with E-state index in [1.54, 1.807) is 0 Å². The van der Waals surface area contributed by atoms with Gasteiger partial charge in [0.25, 0.3) is 0 Å². The van der Waals surface area contributed by atoms with Gasteiger partial charge in [0.05, 0.1) is 5.60 Å². The summed E-state index contributed by atoms with van der Waals surface area (Å²) in [4.78, 5) is 0. The van der Waals surface area contributed by atoms with E-state index in [-0.39, 0.29) is 12.0 Å². The Labute approximate surface area is 99.3 Å². The van der Waals surface area contributed by atoms with Crippen molar-refractivity contribution in [2.45, 2.75) is 58.0 Å². The summed E-state index contributed by atoms with van der Waals surface area (Å²) >= 11 is 0. The van der Waals surface area contributed by atoms with Gasteiger partial charge in [-0.3, -0.25) is 0 Å². The minimum atomic E-state index is -0.620. The Hall–Kier alpha value is -0.120. The molecule has 16 heavy (non-hydrogen) atoms. The molecule has 1 fully saturated rings. The summed E-state index contributed by atoms with van der Waals surface area (Å²) in [5, 5.41) is 22.7. The predicted molar refractivity (Wildman–Crippen MR) is 66.4 cm³/mol. The van der Waals surface area contributed by atoms with E-state index in [0.29, 0.717) is 6.54 Å². The quantitative estimate of drug-likeness (QED) is 0.649. The SMILES string of the molecule is CCC(C)(O)CNCC1(CO)CCCCC1. The lowest BCUT2D eigenvalue weighted by molar-refractivity contribution is 0.0403. The van der Waals surface area contributed by atoms with Crippen LogP contribution in [-0.4, -0.2) is 35.5 Å². The molecule has 0 aromatic heterocycles. The number of hydrogen-bond donors (Lipinski definition) is 3. The third-order valence-electron chi connectivity index (χ3n) is 4.02. The van der Waals surface area contributed by atoms with E-state index in [1.165, 1.54) is 19.3 Å². The summed E-state index contributed by atoms with van der Waals surface area (Å²) in [5.41, 5.74) is -0.548. The molecule has 1 aliphatic rings. The first-order valence-corrected chi connectivity index (χ1v) is 6.58. The van der Waals surface area contributed by atoms with Crippen molar-refractivity contribution < 1.29 is 10.2 Å². The number of aliphatic hydroxyl groups excluding tert-OH is 1. The second-order valence-electron chi connectivity index (χ2n) is 5.67. The summed E-state index contributed by atoms with van der Waals surface area (Å²) in [7, 11) is 0. The number of rotatable bonds is 6. The fraction of sp³-hybridized carbons (Fsp3) is 1.00. The first-order chi connectivity index (χ1) is 7.54. The summed E-state index contributed by atoms with van der Waals surface area (Å²) in [6.07, 6.45) is 6.74. The zero-order valence-corrected chi connectivity index (χ0v) is 10.8. The van der Waals surface area contributed by atoms with E-state index in [1.807, 2.05) is 13.8 Å². The lowest BCUT2D eigenvalue weighted by Crippen LogP contribution is -2.44. The molecule has 0 aromatic carbocycles. The lowest BCUT2D eigenvalue weighted by Gasteiger charge is -2.36. The van der Waals surface area contributed by atoms with Crippen molar-refractivity contribution in [1.82, 2.24) is 5.32 Å². The average Bonchev–Trinajstić information content (AvgIpc) is 2.30. The molecule has 0 amide bonds. The predicted octanol–water partition coefficient (Wildman–Crippen LogP) is 1.68. The maximum Gasteiger partial charge on any atom is 0.0740 e. The van der Waals surface area contributed by atoms with Crippen molar-refractivity contribution >= 4 is 0 Å². The average molecular weight is 229 g/mol. The molecule has 96 valence electrons. The molecular formula is C13H27NO2. The molecule has 3 nitrogen and oxygen atoms in total. The van der Waals surface area contributed by atoms with E-state index in [0.717, 1.165) is 25.8 Å². The molecule has 1 aliphatic carbocycles. The Morgan fingerprint density at radius 2 is 1.88 bits per heavy atom. The van der Waals surface area contributed by atoms with Gasteiger partial charge in [0.15, 0.2) is 0 Å². The Morgan fingerprint density at radius 3 is 2.38 bits per heavy atom. The Morgan fingerprint density at radius 1 is 1.25 bits per heavy atom. The van der Waals surface area contributed by atoms with Crippen molar-refractivity contribution in [1.29, 1.82) is 0 Å². The molecule has 1 saturated carbocycles. The summed E-state index contributed by atoms with van der Waals surface area (Å²) < 4.78 is 0. The van der Waals surface area contributed by atoms with Crippen LogP contribution in [0.1, 0.15) is 52.4 Å². The van der Waals surface area contributed by atoms with Crippen LogP contribution in [0, 0.1) is 5.41 Å². The van der Waals surface area contributed by atoms with Gasteiger partial charge in [0, 0.05) is 25.1 Å². The highest BCUT2D eigenvalue weighted by Crippen LogP contribution is 2.35. The fourth-order valence-electron chi connectivity index (χ4n) is 2.41. The van der Waals surface area contributed by atoms with Gasteiger partial charge in [-0.15, -0.1) is 0 Å². The maximum absolute atomic E-state index is 9.88. The molecule has 3 heteroatoms. The summed E-state index contributed by atoms with van der Waals surface area (Å²) in [6.45, 7) is 5.57. The van der Waals surface area contributed by atoms with Crippen LogP contribution in [0.4, 0.5) is 0 Å². The second kappa shape index (κ2) is 5.99. The van der Waals surface area contributed by atoms with Gasteiger partial charge in [-0.1, -0.05) is 26.2 Å². The molecule has 3 N–H and O–H groups in total. The standard InChI is InChI=1S/C13H27NO2/c1-3-12(2,16)9-14-10-13(11-15)7-5-4-6-8-13/h14-16H,3-11H2,1-2H3. The van der Waals surface area contributed by atoms with Gasteiger partial charge >= 0.3 is 0 Å². The monoisotopic (exact) mass is 229 g/mol.